The lowest BCUT2D eigenvalue weighted by molar-refractivity contribution is -0.117. The molecular formula is C25H33N3O5S. The summed E-state index contributed by atoms with van der Waals surface area (Å²) in [6, 6.07) is 11.0. The maximum Gasteiger partial charge on any atom is 0.253 e. The van der Waals surface area contributed by atoms with Crippen LogP contribution in [-0.2, 0) is 19.6 Å². The highest BCUT2D eigenvalue weighted by molar-refractivity contribution is 7.92. The molecule has 0 saturated carbocycles. The Kier molecular flexibility index (Phi) is 8.33. The Bertz CT molecular complexity index is 1140. The van der Waals surface area contributed by atoms with E-state index < -0.39 is 22.0 Å². The van der Waals surface area contributed by atoms with Crippen LogP contribution < -0.4 is 14.9 Å². The van der Waals surface area contributed by atoms with Gasteiger partial charge in [0.2, 0.25) is 15.9 Å². The van der Waals surface area contributed by atoms with Crippen LogP contribution >= 0.6 is 0 Å². The first-order valence-electron chi connectivity index (χ1n) is 11.5. The number of benzene rings is 2. The van der Waals surface area contributed by atoms with Crippen LogP contribution in [0.15, 0.2) is 42.5 Å². The van der Waals surface area contributed by atoms with E-state index in [9.17, 15) is 18.0 Å². The first kappa shape index (κ1) is 25.7. The number of anilines is 2. The van der Waals surface area contributed by atoms with Gasteiger partial charge >= 0.3 is 0 Å². The number of rotatable bonds is 9. The van der Waals surface area contributed by atoms with Gasteiger partial charge in [-0.25, -0.2) is 8.42 Å². The predicted octanol–water partition coefficient (Wildman–Crippen LogP) is 3.40. The minimum atomic E-state index is -3.76. The lowest BCUT2D eigenvalue weighted by Gasteiger charge is -2.30. The van der Waals surface area contributed by atoms with Crippen molar-refractivity contribution in [3.05, 3.63) is 59.2 Å². The van der Waals surface area contributed by atoms with E-state index in [-0.39, 0.29) is 18.4 Å². The number of carbonyl (C=O) groups is 2. The van der Waals surface area contributed by atoms with Crippen LogP contribution in [-0.4, -0.2) is 51.8 Å². The molecule has 34 heavy (non-hydrogen) atoms. The summed E-state index contributed by atoms with van der Waals surface area (Å²) in [5.74, 6) is -0.834. The topological polar surface area (TPSA) is 105 Å². The van der Waals surface area contributed by atoms with Gasteiger partial charge in [0.1, 0.15) is 6.04 Å². The van der Waals surface area contributed by atoms with Gasteiger partial charge in [0, 0.05) is 13.2 Å². The van der Waals surface area contributed by atoms with Crippen LogP contribution in [0.2, 0.25) is 0 Å². The van der Waals surface area contributed by atoms with Gasteiger partial charge in [-0.15, -0.1) is 0 Å². The van der Waals surface area contributed by atoms with Gasteiger partial charge in [0.15, 0.2) is 0 Å². The number of carbonyl (C=O) groups excluding carboxylic acids is 2. The number of nitrogens with zero attached hydrogens (tertiary/aromatic N) is 1. The fraction of sp³-hybridized carbons (Fsp3) is 0.440. The molecule has 0 radical (unpaired) electrons. The van der Waals surface area contributed by atoms with Crippen molar-refractivity contribution < 1.29 is 22.7 Å². The number of aryl methyl sites for hydroxylation is 2. The average molecular weight is 488 g/mol. The third kappa shape index (κ3) is 6.15. The summed E-state index contributed by atoms with van der Waals surface area (Å²) < 4.78 is 32.2. The monoisotopic (exact) mass is 487 g/mol. The molecule has 0 aliphatic carbocycles. The minimum Gasteiger partial charge on any atom is -0.376 e. The summed E-state index contributed by atoms with van der Waals surface area (Å²) in [7, 11) is -3.76. The molecular weight excluding hydrogens is 454 g/mol. The largest absolute Gasteiger partial charge is 0.376 e. The first-order valence-corrected chi connectivity index (χ1v) is 13.3. The molecule has 1 aliphatic rings. The fourth-order valence-electron chi connectivity index (χ4n) is 4.04. The molecule has 1 fully saturated rings. The molecule has 0 bridgehead atoms. The van der Waals surface area contributed by atoms with Crippen LogP contribution in [0.1, 0.15) is 47.7 Å². The summed E-state index contributed by atoms with van der Waals surface area (Å²) in [5, 5.41) is 5.64. The van der Waals surface area contributed by atoms with Crippen molar-refractivity contribution in [1.82, 2.24) is 5.32 Å². The molecule has 2 atom stereocenters. The fourth-order valence-corrected chi connectivity index (χ4v) is 5.24. The second-order valence-electron chi connectivity index (χ2n) is 8.63. The van der Waals surface area contributed by atoms with Crippen molar-refractivity contribution in [2.24, 2.45) is 0 Å². The van der Waals surface area contributed by atoms with Gasteiger partial charge in [-0.05, 0) is 68.5 Å². The highest BCUT2D eigenvalue weighted by atomic mass is 32.2. The molecule has 9 heteroatoms. The Hall–Kier alpha value is -2.91. The number of nitrogens with one attached hydrogen (secondary N) is 2. The van der Waals surface area contributed by atoms with E-state index in [1.54, 1.807) is 43.3 Å². The minimum absolute atomic E-state index is 0.00328. The third-order valence-corrected chi connectivity index (χ3v) is 7.20. The Labute approximate surface area is 201 Å². The maximum atomic E-state index is 13.3. The van der Waals surface area contributed by atoms with Crippen molar-refractivity contribution >= 4 is 33.2 Å². The highest BCUT2D eigenvalue weighted by Gasteiger charge is 2.32. The van der Waals surface area contributed by atoms with E-state index >= 15 is 0 Å². The standard InChI is InChI=1S/C25H33N3O5S/c1-5-23(28(34(4,31)32)19-13-12-17(2)18(3)15-19)25(30)27-22-11-7-6-10-21(22)24(29)26-16-20-9-8-14-33-20/h6-7,10-13,15,20,23H,5,8-9,14,16H2,1-4H3,(H,26,29)(H,27,30). The molecule has 0 spiro atoms. The smallest absolute Gasteiger partial charge is 0.253 e. The van der Waals surface area contributed by atoms with Crippen molar-refractivity contribution in [2.75, 3.05) is 29.0 Å². The zero-order valence-corrected chi connectivity index (χ0v) is 20.9. The van der Waals surface area contributed by atoms with E-state index in [0.717, 1.165) is 34.5 Å². The quantitative estimate of drug-likeness (QED) is 0.564. The molecule has 1 saturated heterocycles. The lowest BCUT2D eigenvalue weighted by Crippen LogP contribution is -2.47. The summed E-state index contributed by atoms with van der Waals surface area (Å²) >= 11 is 0. The molecule has 2 aromatic carbocycles. The van der Waals surface area contributed by atoms with Gasteiger partial charge in [-0.2, -0.15) is 0 Å². The normalized spacial score (nSPS) is 16.6. The van der Waals surface area contributed by atoms with Crippen molar-refractivity contribution in [3.63, 3.8) is 0 Å². The van der Waals surface area contributed by atoms with E-state index in [2.05, 4.69) is 10.6 Å². The summed E-state index contributed by atoms with van der Waals surface area (Å²) in [5.41, 5.74) is 3.01. The van der Waals surface area contributed by atoms with E-state index in [0.29, 0.717) is 30.1 Å². The van der Waals surface area contributed by atoms with Crippen molar-refractivity contribution in [2.45, 2.75) is 52.2 Å². The van der Waals surface area contributed by atoms with Gasteiger partial charge in [-0.3, -0.25) is 13.9 Å². The Morgan fingerprint density at radius 3 is 2.50 bits per heavy atom. The van der Waals surface area contributed by atoms with Gasteiger partial charge in [0.25, 0.3) is 5.91 Å². The third-order valence-electron chi connectivity index (χ3n) is 6.02. The number of para-hydroxylation sites is 1. The predicted molar refractivity (Wildman–Crippen MR) is 134 cm³/mol. The number of amides is 2. The SMILES string of the molecule is CCC(C(=O)Nc1ccccc1C(=O)NCC1CCCO1)N(c1ccc(C)c(C)c1)S(C)(=O)=O. The van der Waals surface area contributed by atoms with E-state index in [1.807, 2.05) is 19.9 Å². The Balaban J connectivity index is 1.83. The number of hydrogen-bond donors (Lipinski definition) is 2. The van der Waals surface area contributed by atoms with E-state index in [1.165, 1.54) is 0 Å². The average Bonchev–Trinajstić information content (AvgIpc) is 3.31. The molecule has 2 aromatic rings. The zero-order valence-electron chi connectivity index (χ0n) is 20.1. The molecule has 184 valence electrons. The number of sulfonamides is 1. The van der Waals surface area contributed by atoms with Crippen LogP contribution in [0.25, 0.3) is 0 Å². The zero-order chi connectivity index (χ0) is 24.9. The molecule has 2 amide bonds. The Morgan fingerprint density at radius 1 is 1.15 bits per heavy atom. The molecule has 1 aliphatic heterocycles. The van der Waals surface area contributed by atoms with Gasteiger partial charge in [-0.1, -0.05) is 25.1 Å². The summed E-state index contributed by atoms with van der Waals surface area (Å²) in [6.07, 6.45) is 3.21. The van der Waals surface area contributed by atoms with Gasteiger partial charge in [0.05, 0.1) is 29.3 Å². The van der Waals surface area contributed by atoms with Crippen LogP contribution in [0.4, 0.5) is 11.4 Å². The molecule has 0 aromatic heterocycles. The first-order chi connectivity index (χ1) is 16.1. The van der Waals surface area contributed by atoms with Crippen molar-refractivity contribution in [1.29, 1.82) is 0 Å². The van der Waals surface area contributed by atoms with Crippen LogP contribution in [0.3, 0.4) is 0 Å². The molecule has 1 heterocycles. The molecule has 2 unspecified atom stereocenters. The highest BCUT2D eigenvalue weighted by Crippen LogP contribution is 2.26. The lowest BCUT2D eigenvalue weighted by atomic mass is 10.1. The maximum absolute atomic E-state index is 13.3. The molecule has 3 rings (SSSR count). The Morgan fingerprint density at radius 2 is 1.88 bits per heavy atom. The van der Waals surface area contributed by atoms with Crippen molar-refractivity contribution in [3.8, 4) is 0 Å². The van der Waals surface area contributed by atoms with Crippen LogP contribution in [0.5, 0.6) is 0 Å². The summed E-state index contributed by atoms with van der Waals surface area (Å²) in [4.78, 5) is 26.1. The second kappa shape index (κ2) is 11.0. The number of hydrogen-bond acceptors (Lipinski definition) is 5. The summed E-state index contributed by atoms with van der Waals surface area (Å²) in [6.45, 7) is 6.68. The van der Waals surface area contributed by atoms with Gasteiger partial charge < -0.3 is 15.4 Å². The number of ether oxygens (including phenoxy) is 1. The van der Waals surface area contributed by atoms with Crippen LogP contribution in [0, 0.1) is 13.8 Å². The second-order valence-corrected chi connectivity index (χ2v) is 10.5. The molecule has 2 N–H and O–H groups in total. The van der Waals surface area contributed by atoms with E-state index in [4.69, 9.17) is 4.74 Å². The molecule has 8 nitrogen and oxygen atoms in total.